The van der Waals surface area contributed by atoms with Crippen LogP contribution in [0.25, 0.3) is 0 Å². The molecule has 1 unspecified atom stereocenters. The first-order chi connectivity index (χ1) is 10.0. The average Bonchev–Trinajstić information content (AvgIpc) is 2.43. The Bertz CT molecular complexity index is 634. The van der Waals surface area contributed by atoms with Gasteiger partial charge in [-0.05, 0) is 64.9 Å². The molecule has 0 bridgehead atoms. The van der Waals surface area contributed by atoms with Crippen molar-refractivity contribution in [2.75, 3.05) is 6.54 Å². The fraction of sp³-hybridized carbons (Fsp3) is 0.250. The molecule has 1 atom stereocenters. The lowest BCUT2D eigenvalue weighted by Gasteiger charge is -2.20. The van der Waals surface area contributed by atoms with E-state index in [0.717, 1.165) is 21.2 Å². The van der Waals surface area contributed by atoms with Crippen molar-refractivity contribution in [1.29, 1.82) is 0 Å². The monoisotopic (exact) mass is 421 g/mol. The van der Waals surface area contributed by atoms with Gasteiger partial charge in [-0.25, -0.2) is 8.78 Å². The molecule has 0 aliphatic rings. The molecule has 2 aromatic rings. The zero-order chi connectivity index (χ0) is 15.4. The molecular formula is C16H15ClF2IN. The van der Waals surface area contributed by atoms with E-state index < -0.39 is 5.82 Å². The van der Waals surface area contributed by atoms with Crippen LogP contribution in [-0.4, -0.2) is 6.54 Å². The maximum absolute atomic E-state index is 13.5. The summed E-state index contributed by atoms with van der Waals surface area (Å²) >= 11 is 8.14. The molecule has 0 saturated carbocycles. The van der Waals surface area contributed by atoms with Crippen LogP contribution in [0.3, 0.4) is 0 Å². The van der Waals surface area contributed by atoms with E-state index >= 15 is 0 Å². The van der Waals surface area contributed by atoms with Gasteiger partial charge in [0, 0.05) is 9.61 Å². The Hall–Kier alpha value is -0.720. The summed E-state index contributed by atoms with van der Waals surface area (Å²) in [6, 6.07) is 9.46. The van der Waals surface area contributed by atoms with Gasteiger partial charge in [-0.15, -0.1) is 0 Å². The summed E-state index contributed by atoms with van der Waals surface area (Å²) in [5.41, 5.74) is 1.72. The molecule has 0 saturated heterocycles. The molecule has 1 N–H and O–H groups in total. The first-order valence-corrected chi connectivity index (χ1v) is 8.09. The minimum absolute atomic E-state index is 0.0400. The summed E-state index contributed by atoms with van der Waals surface area (Å²) in [4.78, 5) is 0. The van der Waals surface area contributed by atoms with Crippen molar-refractivity contribution in [3.05, 3.63) is 67.8 Å². The van der Waals surface area contributed by atoms with Crippen molar-refractivity contribution in [3.8, 4) is 0 Å². The third kappa shape index (κ3) is 4.14. The van der Waals surface area contributed by atoms with Gasteiger partial charge in [0.2, 0.25) is 0 Å². The second-order valence-corrected chi connectivity index (χ2v) is 6.23. The van der Waals surface area contributed by atoms with Gasteiger partial charge >= 0.3 is 0 Å². The first-order valence-electron chi connectivity index (χ1n) is 6.64. The van der Waals surface area contributed by atoms with Gasteiger partial charge in [0.1, 0.15) is 11.6 Å². The van der Waals surface area contributed by atoms with Gasteiger partial charge in [0.15, 0.2) is 0 Å². The number of benzene rings is 2. The second-order valence-electron chi connectivity index (χ2n) is 4.69. The summed E-state index contributed by atoms with van der Waals surface area (Å²) in [5, 5.41) is 3.50. The summed E-state index contributed by atoms with van der Waals surface area (Å²) < 4.78 is 27.6. The molecule has 0 radical (unpaired) electrons. The molecule has 0 heterocycles. The smallest absolute Gasteiger partial charge is 0.142 e. The van der Waals surface area contributed by atoms with Crippen molar-refractivity contribution in [2.24, 2.45) is 0 Å². The van der Waals surface area contributed by atoms with Gasteiger partial charge in [-0.1, -0.05) is 36.7 Å². The summed E-state index contributed by atoms with van der Waals surface area (Å²) in [6.07, 6.45) is 0.548. The van der Waals surface area contributed by atoms with Crippen molar-refractivity contribution in [1.82, 2.24) is 5.32 Å². The van der Waals surface area contributed by atoms with Crippen molar-refractivity contribution >= 4 is 34.2 Å². The van der Waals surface area contributed by atoms with Crippen molar-refractivity contribution < 1.29 is 8.78 Å². The second kappa shape index (κ2) is 7.51. The molecule has 1 nitrogen and oxygen atoms in total. The summed E-state index contributed by atoms with van der Waals surface area (Å²) in [6.45, 7) is 2.75. The van der Waals surface area contributed by atoms with Crippen LogP contribution in [0, 0.1) is 15.2 Å². The Morgan fingerprint density at radius 3 is 2.67 bits per heavy atom. The van der Waals surface area contributed by atoms with E-state index in [0.29, 0.717) is 6.42 Å². The van der Waals surface area contributed by atoms with E-state index in [2.05, 4.69) is 27.9 Å². The minimum Gasteiger partial charge on any atom is -0.310 e. The Balaban J connectivity index is 2.33. The Kier molecular flexibility index (Phi) is 5.96. The van der Waals surface area contributed by atoms with E-state index in [9.17, 15) is 8.78 Å². The zero-order valence-electron chi connectivity index (χ0n) is 11.5. The third-order valence-corrected chi connectivity index (χ3v) is 4.60. The van der Waals surface area contributed by atoms with Gasteiger partial charge in [-0.3, -0.25) is 0 Å². The molecule has 0 aliphatic carbocycles. The molecule has 2 rings (SSSR count). The number of hydrogen-bond donors (Lipinski definition) is 1. The summed E-state index contributed by atoms with van der Waals surface area (Å²) in [7, 11) is 0. The average molecular weight is 422 g/mol. The largest absolute Gasteiger partial charge is 0.310 e. The van der Waals surface area contributed by atoms with E-state index in [1.54, 1.807) is 12.1 Å². The van der Waals surface area contributed by atoms with Crippen LogP contribution in [0.2, 0.25) is 5.02 Å². The van der Waals surface area contributed by atoms with Gasteiger partial charge in [0.05, 0.1) is 5.02 Å². The standard InChI is InChI=1S/C16H15ClF2IN/c1-2-21-15(12-7-6-11(18)9-14(12)20)8-10-4-3-5-13(19)16(10)17/h3-7,9,15,21H,2,8H2,1H3. The summed E-state index contributed by atoms with van der Waals surface area (Å²) in [5.74, 6) is -0.680. The lowest BCUT2D eigenvalue weighted by atomic mass is 9.98. The molecule has 0 amide bonds. The van der Waals surface area contributed by atoms with Crippen LogP contribution >= 0.6 is 34.2 Å². The van der Waals surface area contributed by atoms with E-state index in [-0.39, 0.29) is 16.9 Å². The normalized spacial score (nSPS) is 12.4. The molecule has 2 aromatic carbocycles. The Morgan fingerprint density at radius 1 is 1.24 bits per heavy atom. The molecule has 0 spiro atoms. The molecule has 112 valence electrons. The third-order valence-electron chi connectivity index (χ3n) is 3.24. The molecule has 0 aliphatic heterocycles. The highest BCUT2D eigenvalue weighted by atomic mass is 127. The maximum atomic E-state index is 13.5. The lowest BCUT2D eigenvalue weighted by Crippen LogP contribution is -2.24. The van der Waals surface area contributed by atoms with E-state index in [1.165, 1.54) is 18.2 Å². The molecule has 5 heteroatoms. The zero-order valence-corrected chi connectivity index (χ0v) is 14.4. The van der Waals surface area contributed by atoms with Crippen LogP contribution in [-0.2, 0) is 6.42 Å². The number of nitrogens with one attached hydrogen (secondary N) is 1. The van der Waals surface area contributed by atoms with Crippen LogP contribution in [0.15, 0.2) is 36.4 Å². The van der Waals surface area contributed by atoms with Crippen LogP contribution < -0.4 is 5.32 Å². The number of halogens is 4. The lowest BCUT2D eigenvalue weighted by molar-refractivity contribution is 0.542. The van der Waals surface area contributed by atoms with Gasteiger partial charge in [0.25, 0.3) is 0 Å². The minimum atomic E-state index is -0.418. The van der Waals surface area contributed by atoms with Crippen molar-refractivity contribution in [3.63, 3.8) is 0 Å². The van der Waals surface area contributed by atoms with Crippen LogP contribution in [0.1, 0.15) is 24.1 Å². The molecule has 21 heavy (non-hydrogen) atoms. The highest BCUT2D eigenvalue weighted by Gasteiger charge is 2.17. The van der Waals surface area contributed by atoms with Gasteiger partial charge < -0.3 is 5.32 Å². The topological polar surface area (TPSA) is 12.0 Å². The molecule has 0 fully saturated rings. The maximum Gasteiger partial charge on any atom is 0.142 e. The number of likely N-dealkylation sites (N-methyl/N-ethyl adjacent to an activating group) is 1. The fourth-order valence-electron chi connectivity index (χ4n) is 2.25. The van der Waals surface area contributed by atoms with E-state index in [1.807, 2.05) is 13.0 Å². The number of rotatable bonds is 5. The Morgan fingerprint density at radius 2 is 2.00 bits per heavy atom. The quantitative estimate of drug-likeness (QED) is 0.661. The predicted molar refractivity (Wildman–Crippen MR) is 90.6 cm³/mol. The predicted octanol–water partition coefficient (Wildman–Crippen LogP) is 5.12. The highest BCUT2D eigenvalue weighted by Crippen LogP contribution is 2.28. The SMILES string of the molecule is CCNC(Cc1cccc(F)c1Cl)c1ccc(F)cc1I. The highest BCUT2D eigenvalue weighted by molar-refractivity contribution is 14.1. The fourth-order valence-corrected chi connectivity index (χ4v) is 3.30. The van der Waals surface area contributed by atoms with Gasteiger partial charge in [-0.2, -0.15) is 0 Å². The van der Waals surface area contributed by atoms with Crippen LogP contribution in [0.5, 0.6) is 0 Å². The molecular weight excluding hydrogens is 407 g/mol. The first kappa shape index (κ1) is 16.6. The Labute approximate surface area is 141 Å². The van der Waals surface area contributed by atoms with E-state index in [4.69, 9.17) is 11.6 Å². The number of hydrogen-bond acceptors (Lipinski definition) is 1. The van der Waals surface area contributed by atoms with Crippen molar-refractivity contribution in [2.45, 2.75) is 19.4 Å². The van der Waals surface area contributed by atoms with Crippen LogP contribution in [0.4, 0.5) is 8.78 Å². The molecule has 0 aromatic heterocycles.